The number of likely N-dealkylation sites (tertiary alicyclic amines) is 2. The summed E-state index contributed by atoms with van der Waals surface area (Å²) in [6.45, 7) is 8.50. The van der Waals surface area contributed by atoms with Gasteiger partial charge in [-0.05, 0) is 44.7 Å². The highest BCUT2D eigenvalue weighted by Crippen LogP contribution is 2.39. The number of hydrogen-bond acceptors (Lipinski definition) is 4. The van der Waals surface area contributed by atoms with Gasteiger partial charge < -0.3 is 9.32 Å². The molecule has 0 aliphatic carbocycles. The molecule has 1 atom stereocenters. The second kappa shape index (κ2) is 7.47. The van der Waals surface area contributed by atoms with Gasteiger partial charge in [-0.15, -0.1) is 0 Å². The first-order valence-electron chi connectivity index (χ1n) is 10.0. The molecule has 2 aliphatic heterocycles. The maximum Gasteiger partial charge on any atom is 0.276 e. The number of carbonyl (C=O) groups is 1. The van der Waals surface area contributed by atoms with Crippen LogP contribution in [-0.4, -0.2) is 46.9 Å². The molecule has 2 fully saturated rings. The predicted octanol–water partition coefficient (Wildman–Crippen LogP) is 3.81. The SMILES string of the molecule is Cc1nc(C(=O)N2CCC[C@@]3(CCCN(Cc4ccccc4)C3)C2)c(C)o1. The topological polar surface area (TPSA) is 49.6 Å². The van der Waals surface area contributed by atoms with Crippen LogP contribution in [0.1, 0.15) is 53.4 Å². The molecule has 0 saturated carbocycles. The maximum atomic E-state index is 13.0. The van der Waals surface area contributed by atoms with Crippen molar-refractivity contribution in [3.8, 4) is 0 Å². The summed E-state index contributed by atoms with van der Waals surface area (Å²) in [6.07, 6.45) is 4.69. The highest BCUT2D eigenvalue weighted by atomic mass is 16.4. The van der Waals surface area contributed by atoms with Crippen LogP contribution in [0.3, 0.4) is 0 Å². The quantitative estimate of drug-likeness (QED) is 0.828. The number of piperidine rings is 2. The van der Waals surface area contributed by atoms with Crippen molar-refractivity contribution in [1.29, 1.82) is 0 Å². The number of hydrogen-bond donors (Lipinski definition) is 0. The van der Waals surface area contributed by atoms with Crippen LogP contribution < -0.4 is 0 Å². The van der Waals surface area contributed by atoms with E-state index in [0.717, 1.165) is 39.1 Å². The van der Waals surface area contributed by atoms with Crippen molar-refractivity contribution < 1.29 is 9.21 Å². The molecule has 1 spiro atoms. The van der Waals surface area contributed by atoms with Crippen molar-refractivity contribution in [2.75, 3.05) is 26.2 Å². The zero-order valence-corrected chi connectivity index (χ0v) is 16.4. The first-order valence-corrected chi connectivity index (χ1v) is 10.0. The van der Waals surface area contributed by atoms with E-state index in [4.69, 9.17) is 4.42 Å². The van der Waals surface area contributed by atoms with Gasteiger partial charge in [-0.1, -0.05) is 30.3 Å². The summed E-state index contributed by atoms with van der Waals surface area (Å²) >= 11 is 0. The minimum atomic E-state index is 0.0311. The van der Waals surface area contributed by atoms with Crippen LogP contribution >= 0.6 is 0 Å². The summed E-state index contributed by atoms with van der Waals surface area (Å²) in [5.74, 6) is 1.23. The van der Waals surface area contributed by atoms with Crippen LogP contribution in [0.5, 0.6) is 0 Å². The van der Waals surface area contributed by atoms with E-state index in [0.29, 0.717) is 17.3 Å². The molecular formula is C22H29N3O2. The van der Waals surface area contributed by atoms with Gasteiger partial charge in [0.15, 0.2) is 11.6 Å². The van der Waals surface area contributed by atoms with E-state index in [2.05, 4.69) is 40.2 Å². The molecule has 4 rings (SSSR count). The molecule has 0 radical (unpaired) electrons. The van der Waals surface area contributed by atoms with Crippen LogP contribution in [0.25, 0.3) is 0 Å². The summed E-state index contributed by atoms with van der Waals surface area (Å²) in [4.78, 5) is 21.9. The van der Waals surface area contributed by atoms with E-state index in [-0.39, 0.29) is 11.3 Å². The Bertz CT molecular complexity index is 797. The third-order valence-corrected chi connectivity index (χ3v) is 6.04. The molecule has 2 saturated heterocycles. The van der Waals surface area contributed by atoms with Gasteiger partial charge in [0.05, 0.1) is 0 Å². The molecule has 1 amide bonds. The standard InChI is InChI=1S/C22H29N3O2/c1-17-20(23-18(2)27-17)21(26)25-13-7-11-22(16-25)10-6-12-24(15-22)14-19-8-4-3-5-9-19/h3-5,8-9H,6-7,10-16H2,1-2H3/t22-/m1/s1. The molecule has 5 heteroatoms. The van der Waals surface area contributed by atoms with Gasteiger partial charge in [-0.3, -0.25) is 9.69 Å². The first kappa shape index (κ1) is 18.2. The van der Waals surface area contributed by atoms with Crippen molar-refractivity contribution in [2.24, 2.45) is 5.41 Å². The highest BCUT2D eigenvalue weighted by molar-refractivity contribution is 5.93. The number of aryl methyl sites for hydroxylation is 2. The smallest absolute Gasteiger partial charge is 0.276 e. The molecule has 2 aromatic rings. The van der Waals surface area contributed by atoms with Gasteiger partial charge in [0.1, 0.15) is 5.76 Å². The van der Waals surface area contributed by atoms with Gasteiger partial charge in [0, 0.05) is 38.5 Å². The van der Waals surface area contributed by atoms with Crippen LogP contribution in [0.4, 0.5) is 0 Å². The summed E-state index contributed by atoms with van der Waals surface area (Å²) in [6, 6.07) is 10.7. The Kier molecular flexibility index (Phi) is 5.04. The van der Waals surface area contributed by atoms with E-state index >= 15 is 0 Å². The van der Waals surface area contributed by atoms with E-state index in [1.165, 1.54) is 24.8 Å². The normalized spacial score (nSPS) is 23.7. The number of benzene rings is 1. The van der Waals surface area contributed by atoms with Gasteiger partial charge in [-0.25, -0.2) is 4.98 Å². The number of oxazole rings is 1. The zero-order valence-electron chi connectivity index (χ0n) is 16.4. The van der Waals surface area contributed by atoms with Crippen LogP contribution in [0.2, 0.25) is 0 Å². The second-order valence-electron chi connectivity index (χ2n) is 8.27. The second-order valence-corrected chi connectivity index (χ2v) is 8.27. The Morgan fingerprint density at radius 1 is 1.11 bits per heavy atom. The van der Waals surface area contributed by atoms with Gasteiger partial charge in [0.25, 0.3) is 5.91 Å². The summed E-state index contributed by atoms with van der Waals surface area (Å²) in [7, 11) is 0. The first-order chi connectivity index (χ1) is 13.0. The van der Waals surface area contributed by atoms with Gasteiger partial charge >= 0.3 is 0 Å². The molecule has 1 aromatic heterocycles. The fourth-order valence-corrected chi connectivity index (χ4v) is 4.88. The summed E-state index contributed by atoms with van der Waals surface area (Å²) in [5.41, 5.74) is 2.07. The summed E-state index contributed by atoms with van der Waals surface area (Å²) in [5, 5.41) is 0. The van der Waals surface area contributed by atoms with E-state index < -0.39 is 0 Å². The Hall–Kier alpha value is -2.14. The van der Waals surface area contributed by atoms with Crippen LogP contribution in [0, 0.1) is 19.3 Å². The lowest BCUT2D eigenvalue weighted by Gasteiger charge is -2.48. The number of aromatic nitrogens is 1. The van der Waals surface area contributed by atoms with E-state index in [9.17, 15) is 4.79 Å². The Morgan fingerprint density at radius 3 is 2.56 bits per heavy atom. The molecule has 5 nitrogen and oxygen atoms in total. The lowest BCUT2D eigenvalue weighted by Crippen LogP contribution is -2.53. The largest absolute Gasteiger partial charge is 0.445 e. The number of nitrogens with zero attached hydrogens (tertiary/aromatic N) is 3. The van der Waals surface area contributed by atoms with Gasteiger partial charge in [0.2, 0.25) is 0 Å². The van der Waals surface area contributed by atoms with Crippen LogP contribution in [-0.2, 0) is 6.54 Å². The molecule has 0 bridgehead atoms. The third-order valence-electron chi connectivity index (χ3n) is 6.04. The fraction of sp³-hybridized carbons (Fsp3) is 0.545. The zero-order chi connectivity index (χ0) is 18.9. The van der Waals surface area contributed by atoms with Crippen molar-refractivity contribution >= 4 is 5.91 Å². The Balaban J connectivity index is 1.46. The number of carbonyl (C=O) groups excluding carboxylic acids is 1. The maximum absolute atomic E-state index is 13.0. The van der Waals surface area contributed by atoms with Crippen molar-refractivity contribution in [3.63, 3.8) is 0 Å². The van der Waals surface area contributed by atoms with Gasteiger partial charge in [-0.2, -0.15) is 0 Å². The Morgan fingerprint density at radius 2 is 1.85 bits per heavy atom. The Labute approximate surface area is 161 Å². The number of amides is 1. The molecule has 27 heavy (non-hydrogen) atoms. The molecule has 3 heterocycles. The van der Waals surface area contributed by atoms with Crippen molar-refractivity contribution in [2.45, 2.75) is 46.1 Å². The lowest BCUT2D eigenvalue weighted by molar-refractivity contribution is 0.0110. The fourth-order valence-electron chi connectivity index (χ4n) is 4.88. The molecule has 2 aliphatic rings. The molecular weight excluding hydrogens is 338 g/mol. The minimum Gasteiger partial charge on any atom is -0.445 e. The summed E-state index contributed by atoms with van der Waals surface area (Å²) < 4.78 is 5.48. The van der Waals surface area contributed by atoms with Crippen molar-refractivity contribution in [3.05, 3.63) is 53.2 Å². The average molecular weight is 367 g/mol. The lowest BCUT2D eigenvalue weighted by atomic mass is 9.73. The third kappa shape index (κ3) is 3.93. The molecule has 0 unspecified atom stereocenters. The minimum absolute atomic E-state index is 0.0311. The predicted molar refractivity (Wildman–Crippen MR) is 105 cm³/mol. The molecule has 1 aromatic carbocycles. The highest BCUT2D eigenvalue weighted by Gasteiger charge is 2.41. The number of rotatable bonds is 3. The van der Waals surface area contributed by atoms with Crippen molar-refractivity contribution in [1.82, 2.24) is 14.8 Å². The van der Waals surface area contributed by atoms with E-state index in [1.807, 2.05) is 11.8 Å². The molecule has 144 valence electrons. The van der Waals surface area contributed by atoms with Crippen LogP contribution in [0.15, 0.2) is 34.7 Å². The monoisotopic (exact) mass is 367 g/mol. The van der Waals surface area contributed by atoms with E-state index in [1.54, 1.807) is 6.92 Å². The molecule has 0 N–H and O–H groups in total. The average Bonchev–Trinajstić information content (AvgIpc) is 3.00.